The lowest BCUT2D eigenvalue weighted by atomic mass is 10.1. The molecule has 124 valence electrons. The number of methoxy groups -OCH3 is 2. The van der Waals surface area contributed by atoms with Crippen LogP contribution in [0.25, 0.3) is 0 Å². The zero-order valence-corrected chi connectivity index (χ0v) is 14.1. The van der Waals surface area contributed by atoms with Crippen LogP contribution in [-0.4, -0.2) is 31.5 Å². The highest BCUT2D eigenvalue weighted by atomic mass is 32.1. The van der Waals surface area contributed by atoms with Crippen molar-refractivity contribution < 1.29 is 14.3 Å². The van der Waals surface area contributed by atoms with E-state index in [1.54, 1.807) is 37.6 Å². The fourth-order valence-corrected chi connectivity index (χ4v) is 2.02. The number of thiocarbonyl (C=S) groups is 1. The van der Waals surface area contributed by atoms with Gasteiger partial charge in [-0.1, -0.05) is 18.2 Å². The summed E-state index contributed by atoms with van der Waals surface area (Å²) in [5, 5.41) is 7.40. The summed E-state index contributed by atoms with van der Waals surface area (Å²) >= 11 is 5.16. The third kappa shape index (κ3) is 5.06. The Bertz CT molecular complexity index is 745. The van der Waals surface area contributed by atoms with Gasteiger partial charge < -0.3 is 14.8 Å². The molecule has 0 radical (unpaired) electrons. The monoisotopic (exact) mass is 343 g/mol. The molecule has 0 saturated heterocycles. The van der Waals surface area contributed by atoms with E-state index in [0.717, 1.165) is 17.0 Å². The Morgan fingerprint density at radius 1 is 1.17 bits per heavy atom. The molecule has 0 aliphatic rings. The van der Waals surface area contributed by atoms with E-state index in [9.17, 15) is 4.79 Å². The van der Waals surface area contributed by atoms with E-state index in [-0.39, 0.29) is 5.97 Å². The molecule has 2 aromatic carbocycles. The van der Waals surface area contributed by atoms with Crippen LogP contribution >= 0.6 is 12.2 Å². The summed E-state index contributed by atoms with van der Waals surface area (Å²) < 4.78 is 9.79. The van der Waals surface area contributed by atoms with Crippen molar-refractivity contribution in [1.29, 1.82) is 0 Å². The molecule has 7 heteroatoms. The van der Waals surface area contributed by atoms with Gasteiger partial charge in [0.25, 0.3) is 0 Å². The van der Waals surface area contributed by atoms with Crippen molar-refractivity contribution in [3.8, 4) is 5.75 Å². The first kappa shape index (κ1) is 17.4. The van der Waals surface area contributed by atoms with Gasteiger partial charge in [0.05, 0.1) is 26.0 Å². The Morgan fingerprint density at radius 3 is 2.58 bits per heavy atom. The standard InChI is InChI=1S/C17H17N3O3S/c1-22-15-5-3-4-14(10-15)19-17(24)20-18-11-12-6-8-13(9-7-12)16(21)23-2/h3-11H,1-2H3,(H2,19,20,24). The number of ether oxygens (including phenoxy) is 2. The Balaban J connectivity index is 1.88. The zero-order chi connectivity index (χ0) is 17.4. The van der Waals surface area contributed by atoms with Crippen LogP contribution in [0.5, 0.6) is 5.75 Å². The molecule has 24 heavy (non-hydrogen) atoms. The summed E-state index contributed by atoms with van der Waals surface area (Å²) in [6, 6.07) is 14.2. The van der Waals surface area contributed by atoms with Gasteiger partial charge in [-0.2, -0.15) is 5.10 Å². The van der Waals surface area contributed by atoms with Crippen molar-refractivity contribution in [3.05, 3.63) is 59.7 Å². The molecule has 6 nitrogen and oxygen atoms in total. The Kier molecular flexibility index (Phi) is 6.27. The van der Waals surface area contributed by atoms with Crippen molar-refractivity contribution in [2.45, 2.75) is 0 Å². The van der Waals surface area contributed by atoms with Gasteiger partial charge in [-0.05, 0) is 42.0 Å². The van der Waals surface area contributed by atoms with Crippen molar-refractivity contribution in [2.24, 2.45) is 5.10 Å². The topological polar surface area (TPSA) is 72.0 Å². The number of benzene rings is 2. The van der Waals surface area contributed by atoms with Crippen LogP contribution < -0.4 is 15.5 Å². The molecule has 2 rings (SSSR count). The van der Waals surface area contributed by atoms with Gasteiger partial charge in [-0.25, -0.2) is 4.79 Å². The van der Waals surface area contributed by atoms with E-state index in [0.29, 0.717) is 10.7 Å². The number of hydrogen-bond acceptors (Lipinski definition) is 5. The highest BCUT2D eigenvalue weighted by Gasteiger charge is 2.03. The largest absolute Gasteiger partial charge is 0.497 e. The van der Waals surface area contributed by atoms with Gasteiger partial charge in [-0.15, -0.1) is 0 Å². The van der Waals surface area contributed by atoms with Gasteiger partial charge in [-0.3, -0.25) is 5.43 Å². The fraction of sp³-hybridized carbons (Fsp3) is 0.118. The van der Waals surface area contributed by atoms with E-state index < -0.39 is 0 Å². The fourth-order valence-electron chi connectivity index (χ4n) is 1.85. The lowest BCUT2D eigenvalue weighted by molar-refractivity contribution is 0.0600. The molecule has 0 spiro atoms. The number of anilines is 1. The minimum absolute atomic E-state index is 0.352. The van der Waals surface area contributed by atoms with Crippen molar-refractivity contribution in [3.63, 3.8) is 0 Å². The molecular weight excluding hydrogens is 326 g/mol. The van der Waals surface area contributed by atoms with Crippen molar-refractivity contribution in [1.82, 2.24) is 5.43 Å². The predicted octanol–water partition coefficient (Wildman–Crippen LogP) is 2.80. The van der Waals surface area contributed by atoms with E-state index in [4.69, 9.17) is 17.0 Å². The average Bonchev–Trinajstić information content (AvgIpc) is 2.61. The Hall–Kier alpha value is -2.93. The van der Waals surface area contributed by atoms with Crippen LogP contribution in [0, 0.1) is 0 Å². The number of carbonyl (C=O) groups excluding carboxylic acids is 1. The number of esters is 1. The van der Waals surface area contributed by atoms with Crippen LogP contribution in [0.4, 0.5) is 5.69 Å². The highest BCUT2D eigenvalue weighted by Crippen LogP contribution is 2.16. The molecule has 2 aromatic rings. The number of rotatable bonds is 5. The Labute approximate surface area is 145 Å². The lowest BCUT2D eigenvalue weighted by Crippen LogP contribution is -2.23. The third-order valence-corrected chi connectivity index (χ3v) is 3.23. The van der Waals surface area contributed by atoms with E-state index in [1.165, 1.54) is 7.11 Å². The summed E-state index contributed by atoms with van der Waals surface area (Å²) in [4.78, 5) is 11.3. The van der Waals surface area contributed by atoms with Gasteiger partial charge >= 0.3 is 5.97 Å². The number of nitrogens with zero attached hydrogens (tertiary/aromatic N) is 1. The second-order valence-corrected chi connectivity index (χ2v) is 5.08. The quantitative estimate of drug-likeness (QED) is 0.376. The highest BCUT2D eigenvalue weighted by molar-refractivity contribution is 7.80. The summed E-state index contributed by atoms with van der Waals surface area (Å²) in [5.74, 6) is 0.359. The van der Waals surface area contributed by atoms with Crippen LogP contribution in [0.2, 0.25) is 0 Å². The second kappa shape index (κ2) is 8.64. The first-order chi connectivity index (χ1) is 11.6. The number of hydrogen-bond donors (Lipinski definition) is 2. The summed E-state index contributed by atoms with van der Waals surface area (Å²) in [6.07, 6.45) is 1.60. The maximum Gasteiger partial charge on any atom is 0.337 e. The molecular formula is C17H17N3O3S. The van der Waals surface area contributed by atoms with Gasteiger partial charge in [0, 0.05) is 11.8 Å². The SMILES string of the molecule is COC(=O)c1ccc(C=NNC(=S)Nc2cccc(OC)c2)cc1. The first-order valence-electron chi connectivity index (χ1n) is 7.05. The van der Waals surface area contributed by atoms with Gasteiger partial charge in [0.1, 0.15) is 5.75 Å². The molecule has 2 N–H and O–H groups in total. The molecule has 0 aromatic heterocycles. The molecule has 0 atom stereocenters. The van der Waals surface area contributed by atoms with Crippen LogP contribution in [-0.2, 0) is 4.74 Å². The van der Waals surface area contributed by atoms with E-state index in [2.05, 4.69) is 20.6 Å². The summed E-state index contributed by atoms with van der Waals surface area (Å²) in [6.45, 7) is 0. The maximum atomic E-state index is 11.3. The molecule has 0 fully saturated rings. The Morgan fingerprint density at radius 2 is 1.92 bits per heavy atom. The van der Waals surface area contributed by atoms with E-state index >= 15 is 0 Å². The first-order valence-corrected chi connectivity index (χ1v) is 7.45. The third-order valence-electron chi connectivity index (χ3n) is 3.04. The van der Waals surface area contributed by atoms with Crippen molar-refractivity contribution >= 4 is 35.2 Å². The number of carbonyl (C=O) groups is 1. The second-order valence-electron chi connectivity index (χ2n) is 4.67. The van der Waals surface area contributed by atoms with Gasteiger partial charge in [0.15, 0.2) is 5.11 Å². The maximum absolute atomic E-state index is 11.3. The molecule has 0 bridgehead atoms. The zero-order valence-electron chi connectivity index (χ0n) is 13.3. The molecule has 0 unspecified atom stereocenters. The molecule has 0 aliphatic carbocycles. The lowest BCUT2D eigenvalue weighted by Gasteiger charge is -2.08. The molecule has 0 heterocycles. The summed E-state index contributed by atoms with van der Waals surface area (Å²) in [7, 11) is 2.95. The smallest absolute Gasteiger partial charge is 0.337 e. The predicted molar refractivity (Wildman–Crippen MR) is 97.7 cm³/mol. The van der Waals surface area contributed by atoms with Crippen molar-refractivity contribution in [2.75, 3.05) is 19.5 Å². The minimum Gasteiger partial charge on any atom is -0.497 e. The summed E-state index contributed by atoms with van der Waals surface area (Å²) in [5.41, 5.74) is 4.82. The average molecular weight is 343 g/mol. The van der Waals surface area contributed by atoms with Crippen LogP contribution in [0.15, 0.2) is 53.6 Å². The molecule has 0 saturated carbocycles. The van der Waals surface area contributed by atoms with Gasteiger partial charge in [0.2, 0.25) is 0 Å². The van der Waals surface area contributed by atoms with E-state index in [1.807, 2.05) is 24.3 Å². The van der Waals surface area contributed by atoms with Crippen LogP contribution in [0.3, 0.4) is 0 Å². The molecule has 0 amide bonds. The number of nitrogens with one attached hydrogen (secondary N) is 2. The number of hydrazone groups is 1. The normalized spacial score (nSPS) is 10.2. The minimum atomic E-state index is -0.375. The molecule has 0 aliphatic heterocycles. The van der Waals surface area contributed by atoms with Crippen LogP contribution in [0.1, 0.15) is 15.9 Å².